The van der Waals surface area contributed by atoms with Crippen molar-refractivity contribution in [2.24, 2.45) is 0 Å². The number of hydrogen-bond acceptors (Lipinski definition) is 4. The van der Waals surface area contributed by atoms with Gasteiger partial charge in [0, 0.05) is 23.3 Å². The molecule has 0 aliphatic heterocycles. The Balaban J connectivity index is 1.79. The molecule has 140 valence electrons. The molecule has 8 heteroatoms. The minimum Gasteiger partial charge on any atom is -0.350 e. The molecule has 0 aliphatic rings. The van der Waals surface area contributed by atoms with Crippen molar-refractivity contribution in [1.29, 1.82) is 0 Å². The summed E-state index contributed by atoms with van der Waals surface area (Å²) in [5.41, 5.74) is 2.30. The number of carbonyl (C=O) groups excluding carboxylic acids is 1. The van der Waals surface area contributed by atoms with Gasteiger partial charge in [-0.05, 0) is 50.6 Å². The lowest BCUT2D eigenvalue weighted by atomic mass is 10.2. The monoisotopic (exact) mass is 385 g/mol. The van der Waals surface area contributed by atoms with Crippen LogP contribution in [0.4, 0.5) is 0 Å². The maximum Gasteiger partial charge on any atom is 0.267 e. The van der Waals surface area contributed by atoms with Crippen molar-refractivity contribution < 1.29 is 4.79 Å². The fourth-order valence-electron chi connectivity index (χ4n) is 2.72. The molecule has 27 heavy (non-hydrogen) atoms. The van der Waals surface area contributed by atoms with Crippen molar-refractivity contribution in [2.75, 3.05) is 0 Å². The topological polar surface area (TPSA) is 81.8 Å². The van der Waals surface area contributed by atoms with Crippen molar-refractivity contribution in [3.8, 4) is 5.82 Å². The molecule has 2 aromatic heterocycles. The van der Waals surface area contributed by atoms with Gasteiger partial charge in [-0.25, -0.2) is 9.36 Å². The summed E-state index contributed by atoms with van der Waals surface area (Å²) < 4.78 is 2.81. The van der Waals surface area contributed by atoms with Crippen LogP contribution in [-0.2, 0) is 11.3 Å². The van der Waals surface area contributed by atoms with Gasteiger partial charge in [0.15, 0.2) is 5.82 Å². The first kappa shape index (κ1) is 18.8. The van der Waals surface area contributed by atoms with Gasteiger partial charge < -0.3 is 5.32 Å². The summed E-state index contributed by atoms with van der Waals surface area (Å²) in [6.45, 7) is 5.76. The molecule has 0 radical (unpaired) electrons. The molecule has 0 aliphatic carbocycles. The van der Waals surface area contributed by atoms with E-state index in [0.717, 1.165) is 17.0 Å². The van der Waals surface area contributed by atoms with Crippen molar-refractivity contribution in [3.63, 3.8) is 0 Å². The quantitative estimate of drug-likeness (QED) is 0.731. The first-order valence-corrected chi connectivity index (χ1v) is 8.88. The molecular weight excluding hydrogens is 366 g/mol. The van der Waals surface area contributed by atoms with E-state index in [0.29, 0.717) is 17.4 Å². The normalized spacial score (nSPS) is 12.0. The lowest BCUT2D eigenvalue weighted by molar-refractivity contribution is -0.124. The zero-order chi connectivity index (χ0) is 19.6. The summed E-state index contributed by atoms with van der Waals surface area (Å²) in [6, 6.07) is 11.3. The standard InChI is InChI=1S/C19H20ClN5O2/c1-12-10-13(2)24(22-12)17-8-9-18(26)25(23-17)14(3)19(27)21-11-15-4-6-16(20)7-5-15/h4-10,14H,11H2,1-3H3,(H,21,27). The average Bonchev–Trinajstić information content (AvgIpc) is 2.99. The molecular formula is C19H20ClN5O2. The fourth-order valence-corrected chi connectivity index (χ4v) is 2.84. The Hall–Kier alpha value is -2.93. The number of hydrogen-bond donors (Lipinski definition) is 1. The molecule has 0 fully saturated rings. The Morgan fingerprint density at radius 2 is 1.85 bits per heavy atom. The minimum absolute atomic E-state index is 0.301. The Morgan fingerprint density at radius 1 is 1.15 bits per heavy atom. The van der Waals surface area contributed by atoms with Crippen molar-refractivity contribution in [2.45, 2.75) is 33.4 Å². The second kappa shape index (κ2) is 7.75. The van der Waals surface area contributed by atoms with Crippen LogP contribution >= 0.6 is 11.6 Å². The summed E-state index contributed by atoms with van der Waals surface area (Å²) in [7, 11) is 0. The number of nitrogens with one attached hydrogen (secondary N) is 1. The molecule has 3 aromatic rings. The van der Waals surface area contributed by atoms with Gasteiger partial charge in [0.1, 0.15) is 6.04 Å². The second-order valence-corrected chi connectivity index (χ2v) is 6.77. The number of carbonyl (C=O) groups is 1. The van der Waals surface area contributed by atoms with Gasteiger partial charge in [-0.1, -0.05) is 23.7 Å². The largest absolute Gasteiger partial charge is 0.350 e. The number of aromatic nitrogens is 4. The zero-order valence-corrected chi connectivity index (χ0v) is 16.1. The van der Waals surface area contributed by atoms with Crippen LogP contribution in [0.1, 0.15) is 29.9 Å². The van der Waals surface area contributed by atoms with Crippen LogP contribution in [0.3, 0.4) is 0 Å². The minimum atomic E-state index is -0.762. The first-order valence-electron chi connectivity index (χ1n) is 8.51. The Bertz CT molecular complexity index is 1020. The van der Waals surface area contributed by atoms with E-state index in [1.807, 2.05) is 32.0 Å². The Morgan fingerprint density at radius 3 is 2.48 bits per heavy atom. The van der Waals surface area contributed by atoms with Crippen LogP contribution in [0.25, 0.3) is 5.82 Å². The molecule has 1 amide bonds. The highest BCUT2D eigenvalue weighted by Gasteiger charge is 2.18. The lowest BCUT2D eigenvalue weighted by Crippen LogP contribution is -2.37. The summed E-state index contributed by atoms with van der Waals surface area (Å²) in [6.07, 6.45) is 0. The molecule has 3 rings (SSSR count). The third kappa shape index (κ3) is 4.25. The van der Waals surface area contributed by atoms with Gasteiger partial charge in [-0.3, -0.25) is 9.59 Å². The SMILES string of the molecule is Cc1cc(C)n(-c2ccc(=O)n(C(C)C(=O)NCc3ccc(Cl)cc3)n2)n1. The molecule has 0 saturated carbocycles. The molecule has 1 N–H and O–H groups in total. The summed E-state index contributed by atoms with van der Waals surface area (Å²) in [4.78, 5) is 24.7. The van der Waals surface area contributed by atoms with E-state index in [4.69, 9.17) is 11.6 Å². The number of aryl methyl sites for hydroxylation is 2. The van der Waals surface area contributed by atoms with E-state index >= 15 is 0 Å². The van der Waals surface area contributed by atoms with E-state index in [1.165, 1.54) is 10.7 Å². The number of benzene rings is 1. The molecule has 7 nitrogen and oxygen atoms in total. The van der Waals surface area contributed by atoms with E-state index in [2.05, 4.69) is 15.5 Å². The molecule has 0 spiro atoms. The molecule has 0 saturated heterocycles. The van der Waals surface area contributed by atoms with Crippen molar-refractivity contribution >= 4 is 17.5 Å². The van der Waals surface area contributed by atoms with E-state index in [1.54, 1.807) is 29.8 Å². The highest BCUT2D eigenvalue weighted by molar-refractivity contribution is 6.30. The van der Waals surface area contributed by atoms with Crippen molar-refractivity contribution in [1.82, 2.24) is 24.9 Å². The predicted molar refractivity (Wildman–Crippen MR) is 103 cm³/mol. The summed E-state index contributed by atoms with van der Waals surface area (Å²) in [5.74, 6) is 0.183. The lowest BCUT2D eigenvalue weighted by Gasteiger charge is -2.15. The number of rotatable bonds is 5. The van der Waals surface area contributed by atoms with Crippen LogP contribution in [0, 0.1) is 13.8 Å². The van der Waals surface area contributed by atoms with Gasteiger partial charge in [0.05, 0.1) is 5.69 Å². The third-order valence-corrected chi connectivity index (χ3v) is 4.42. The van der Waals surface area contributed by atoms with Crippen LogP contribution in [0.2, 0.25) is 5.02 Å². The molecule has 1 atom stereocenters. The fraction of sp³-hybridized carbons (Fsp3) is 0.263. The Kier molecular flexibility index (Phi) is 5.41. The van der Waals surface area contributed by atoms with E-state index < -0.39 is 6.04 Å². The number of halogens is 1. The van der Waals surface area contributed by atoms with Gasteiger partial charge >= 0.3 is 0 Å². The molecule has 2 heterocycles. The zero-order valence-electron chi connectivity index (χ0n) is 15.3. The van der Waals surface area contributed by atoms with Gasteiger partial charge in [0.2, 0.25) is 5.91 Å². The predicted octanol–water partition coefficient (Wildman–Crippen LogP) is 2.58. The maximum atomic E-state index is 12.5. The van der Waals surface area contributed by atoms with Gasteiger partial charge in [-0.15, -0.1) is 5.10 Å². The first-order chi connectivity index (χ1) is 12.8. The smallest absolute Gasteiger partial charge is 0.267 e. The van der Waals surface area contributed by atoms with E-state index in [9.17, 15) is 9.59 Å². The molecule has 1 aromatic carbocycles. The Labute approximate surface area is 161 Å². The van der Waals surface area contributed by atoms with Crippen molar-refractivity contribution in [3.05, 3.63) is 74.8 Å². The van der Waals surface area contributed by atoms with Gasteiger partial charge in [0.25, 0.3) is 5.56 Å². The van der Waals surface area contributed by atoms with E-state index in [-0.39, 0.29) is 11.5 Å². The number of amides is 1. The van der Waals surface area contributed by atoms with Crippen LogP contribution in [-0.4, -0.2) is 25.5 Å². The highest BCUT2D eigenvalue weighted by atomic mass is 35.5. The summed E-state index contributed by atoms with van der Waals surface area (Å²) in [5, 5.41) is 12.1. The van der Waals surface area contributed by atoms with Crippen LogP contribution < -0.4 is 10.9 Å². The third-order valence-electron chi connectivity index (χ3n) is 4.16. The van der Waals surface area contributed by atoms with Crippen LogP contribution in [0.5, 0.6) is 0 Å². The number of nitrogens with zero attached hydrogens (tertiary/aromatic N) is 4. The van der Waals surface area contributed by atoms with Crippen LogP contribution in [0.15, 0.2) is 47.3 Å². The second-order valence-electron chi connectivity index (χ2n) is 6.33. The van der Waals surface area contributed by atoms with Gasteiger partial charge in [-0.2, -0.15) is 5.10 Å². The average molecular weight is 386 g/mol. The molecule has 0 bridgehead atoms. The highest BCUT2D eigenvalue weighted by Crippen LogP contribution is 2.11. The summed E-state index contributed by atoms with van der Waals surface area (Å²) >= 11 is 5.86. The maximum absolute atomic E-state index is 12.5. The molecule has 1 unspecified atom stereocenters.